The molecule has 2 saturated heterocycles. The zero-order valence-electron chi connectivity index (χ0n) is 25.1. The van der Waals surface area contributed by atoms with Gasteiger partial charge in [0.25, 0.3) is 0 Å². The fourth-order valence-corrected chi connectivity index (χ4v) is 4.93. The van der Waals surface area contributed by atoms with Crippen molar-refractivity contribution in [3.8, 4) is 11.8 Å². The number of rotatable bonds is 6. The van der Waals surface area contributed by atoms with E-state index in [0.29, 0.717) is 45.4 Å². The molecule has 0 aromatic heterocycles. The molecule has 4 N–H and O–H groups in total. The van der Waals surface area contributed by atoms with E-state index in [0.717, 1.165) is 17.5 Å². The number of primary amides is 1. The van der Waals surface area contributed by atoms with Crippen LogP contribution < -0.4 is 11.1 Å². The SMILES string of the molecule is CC#Cc1ccc(CC(C)(C)O)cc1.CC(C)(C)OC(=O)NC(C(=O)N1CCCC1C(N)=O)C1(C)CCOCC1. The third kappa shape index (κ3) is 10.5. The number of nitrogens with one attached hydrogen (secondary N) is 1. The van der Waals surface area contributed by atoms with Gasteiger partial charge in [-0.05, 0) is 84.9 Å². The fraction of sp³-hybridized carbons (Fsp3) is 0.645. The van der Waals surface area contributed by atoms with E-state index >= 15 is 0 Å². The summed E-state index contributed by atoms with van der Waals surface area (Å²) in [5.74, 6) is 5.05. The number of likely N-dealkylation sites (tertiary alicyclic amines) is 1. The Hall–Kier alpha value is -3.09. The number of hydrogen-bond donors (Lipinski definition) is 3. The third-order valence-electron chi connectivity index (χ3n) is 6.96. The van der Waals surface area contributed by atoms with Crippen LogP contribution in [-0.4, -0.2) is 71.0 Å². The Labute approximate surface area is 239 Å². The average Bonchev–Trinajstić information content (AvgIpc) is 3.33. The predicted octanol–water partition coefficient (Wildman–Crippen LogP) is 3.54. The Morgan fingerprint density at radius 1 is 1.18 bits per heavy atom. The van der Waals surface area contributed by atoms with E-state index in [1.807, 2.05) is 52.0 Å². The van der Waals surface area contributed by atoms with Crippen LogP contribution in [-0.2, 0) is 25.5 Å². The van der Waals surface area contributed by atoms with E-state index in [1.165, 1.54) is 4.90 Å². The monoisotopic (exact) mass is 557 g/mol. The molecule has 3 amide bonds. The van der Waals surface area contributed by atoms with Gasteiger partial charge in [0.1, 0.15) is 17.7 Å². The van der Waals surface area contributed by atoms with E-state index in [4.69, 9.17) is 15.2 Å². The van der Waals surface area contributed by atoms with Gasteiger partial charge in [0.05, 0.1) is 5.60 Å². The molecule has 0 saturated carbocycles. The highest BCUT2D eigenvalue weighted by Crippen LogP contribution is 2.36. The van der Waals surface area contributed by atoms with Gasteiger partial charge in [0.15, 0.2) is 0 Å². The number of nitrogens with zero attached hydrogens (tertiary/aromatic N) is 1. The fourth-order valence-electron chi connectivity index (χ4n) is 4.93. The summed E-state index contributed by atoms with van der Waals surface area (Å²) >= 11 is 0. The minimum Gasteiger partial charge on any atom is -0.444 e. The lowest BCUT2D eigenvalue weighted by atomic mass is 9.75. The molecule has 2 unspecified atom stereocenters. The lowest BCUT2D eigenvalue weighted by molar-refractivity contribution is -0.143. The Kier molecular flexibility index (Phi) is 11.6. The van der Waals surface area contributed by atoms with E-state index in [9.17, 15) is 19.5 Å². The first-order valence-corrected chi connectivity index (χ1v) is 14.0. The molecule has 222 valence electrons. The number of amides is 3. The zero-order chi connectivity index (χ0) is 30.1. The van der Waals surface area contributed by atoms with Gasteiger partial charge in [-0.1, -0.05) is 25.0 Å². The second-order valence-corrected chi connectivity index (χ2v) is 12.5. The minimum absolute atomic E-state index is 0.276. The molecule has 2 aliphatic rings. The molecule has 2 aliphatic heterocycles. The van der Waals surface area contributed by atoms with Crippen molar-refractivity contribution in [1.82, 2.24) is 10.2 Å². The normalized spacial score (nSPS) is 19.3. The molecular formula is C31H47N3O6. The maximum Gasteiger partial charge on any atom is 0.408 e. The summed E-state index contributed by atoms with van der Waals surface area (Å²) in [5.41, 5.74) is 5.83. The van der Waals surface area contributed by atoms with E-state index < -0.39 is 40.7 Å². The molecule has 0 spiro atoms. The molecule has 0 bridgehead atoms. The molecule has 0 radical (unpaired) electrons. The molecule has 9 nitrogen and oxygen atoms in total. The first-order chi connectivity index (χ1) is 18.5. The molecule has 1 aromatic rings. The molecule has 3 rings (SSSR count). The summed E-state index contributed by atoms with van der Waals surface area (Å²) in [5, 5.41) is 12.4. The summed E-state index contributed by atoms with van der Waals surface area (Å²) in [6.45, 7) is 14.2. The second-order valence-electron chi connectivity index (χ2n) is 12.5. The van der Waals surface area contributed by atoms with Crippen LogP contribution >= 0.6 is 0 Å². The lowest BCUT2D eigenvalue weighted by Gasteiger charge is -2.42. The number of nitrogens with two attached hydrogens (primary N) is 1. The van der Waals surface area contributed by atoms with Crippen LogP contribution in [0.1, 0.15) is 85.3 Å². The van der Waals surface area contributed by atoms with Gasteiger partial charge in [0.2, 0.25) is 11.8 Å². The number of carbonyl (C=O) groups excluding carboxylic acids is 3. The topological polar surface area (TPSA) is 131 Å². The molecule has 0 aliphatic carbocycles. The van der Waals surface area contributed by atoms with Crippen molar-refractivity contribution in [2.24, 2.45) is 11.1 Å². The van der Waals surface area contributed by atoms with Crippen molar-refractivity contribution >= 4 is 17.9 Å². The minimum atomic E-state index is -0.791. The molecule has 2 heterocycles. The Balaban J connectivity index is 0.000000337. The van der Waals surface area contributed by atoms with Crippen LogP contribution in [0.2, 0.25) is 0 Å². The van der Waals surface area contributed by atoms with E-state index in [-0.39, 0.29) is 5.91 Å². The van der Waals surface area contributed by atoms with Gasteiger partial charge in [-0.2, -0.15) is 0 Å². The van der Waals surface area contributed by atoms with Crippen LogP contribution in [0.4, 0.5) is 4.79 Å². The van der Waals surface area contributed by atoms with Crippen LogP contribution in [0, 0.1) is 17.3 Å². The standard InChI is InChI=1S/C18H31N3O5.C13H16O/c1-17(2,3)26-16(24)20-13(18(4)7-10-25-11-8-18)15(23)21-9-5-6-12(21)14(19)22;1-4-5-11-6-8-12(9-7-11)10-13(2,3)14/h12-13H,5-11H2,1-4H3,(H2,19,22)(H,20,24);6-9,14H,10H2,1-3H3. The molecule has 1 aromatic carbocycles. The average molecular weight is 558 g/mol. The number of ether oxygens (including phenoxy) is 2. The van der Waals surface area contributed by atoms with Crippen molar-refractivity contribution in [3.05, 3.63) is 35.4 Å². The summed E-state index contributed by atoms with van der Waals surface area (Å²) < 4.78 is 10.8. The zero-order valence-corrected chi connectivity index (χ0v) is 25.1. The summed E-state index contributed by atoms with van der Waals surface area (Å²) in [7, 11) is 0. The van der Waals surface area contributed by atoms with Crippen molar-refractivity contribution in [2.45, 2.75) is 104 Å². The number of benzene rings is 1. The van der Waals surface area contributed by atoms with Gasteiger partial charge in [-0.3, -0.25) is 9.59 Å². The van der Waals surface area contributed by atoms with Crippen molar-refractivity contribution in [2.75, 3.05) is 19.8 Å². The number of hydrogen-bond acceptors (Lipinski definition) is 6. The highest BCUT2D eigenvalue weighted by Gasteiger charge is 2.46. The van der Waals surface area contributed by atoms with Crippen molar-refractivity contribution in [3.63, 3.8) is 0 Å². The van der Waals surface area contributed by atoms with E-state index in [2.05, 4.69) is 17.2 Å². The summed E-state index contributed by atoms with van der Waals surface area (Å²) in [6.07, 6.45) is 2.58. The van der Waals surface area contributed by atoms with Crippen LogP contribution in [0.15, 0.2) is 24.3 Å². The van der Waals surface area contributed by atoms with Gasteiger partial charge in [-0.25, -0.2) is 4.79 Å². The molecule has 2 fully saturated rings. The molecular weight excluding hydrogens is 510 g/mol. The summed E-state index contributed by atoms with van der Waals surface area (Å²) in [4.78, 5) is 38.8. The third-order valence-corrected chi connectivity index (χ3v) is 6.96. The Morgan fingerprint density at radius 2 is 1.77 bits per heavy atom. The maximum absolute atomic E-state index is 13.3. The van der Waals surface area contributed by atoms with Gasteiger partial charge < -0.3 is 30.5 Å². The van der Waals surface area contributed by atoms with Gasteiger partial charge >= 0.3 is 6.09 Å². The second kappa shape index (κ2) is 14.0. The number of aliphatic hydroxyl groups is 1. The molecule has 2 atom stereocenters. The Bertz CT molecular complexity index is 1070. The largest absolute Gasteiger partial charge is 0.444 e. The number of alkyl carbamates (subject to hydrolysis) is 1. The van der Waals surface area contributed by atoms with Crippen LogP contribution in [0.3, 0.4) is 0 Å². The molecule has 9 heteroatoms. The summed E-state index contributed by atoms with van der Waals surface area (Å²) in [6, 6.07) is 6.58. The quantitative estimate of drug-likeness (QED) is 0.459. The number of carbonyl (C=O) groups is 3. The molecule has 40 heavy (non-hydrogen) atoms. The van der Waals surface area contributed by atoms with Crippen LogP contribution in [0.5, 0.6) is 0 Å². The first-order valence-electron chi connectivity index (χ1n) is 14.0. The smallest absolute Gasteiger partial charge is 0.408 e. The highest BCUT2D eigenvalue weighted by molar-refractivity contribution is 5.91. The van der Waals surface area contributed by atoms with Gasteiger partial charge in [0, 0.05) is 37.2 Å². The van der Waals surface area contributed by atoms with Crippen LogP contribution in [0.25, 0.3) is 0 Å². The Morgan fingerprint density at radius 3 is 2.27 bits per heavy atom. The van der Waals surface area contributed by atoms with Gasteiger partial charge in [-0.15, -0.1) is 5.92 Å². The van der Waals surface area contributed by atoms with E-state index in [1.54, 1.807) is 20.8 Å². The lowest BCUT2D eigenvalue weighted by Crippen LogP contribution is -2.60. The predicted molar refractivity (Wildman–Crippen MR) is 154 cm³/mol. The first kappa shape index (κ1) is 33.1. The maximum atomic E-state index is 13.3. The van der Waals surface area contributed by atoms with Crippen molar-refractivity contribution < 1.29 is 29.0 Å². The van der Waals surface area contributed by atoms with Crippen molar-refractivity contribution in [1.29, 1.82) is 0 Å². The highest BCUT2D eigenvalue weighted by atomic mass is 16.6.